The van der Waals surface area contributed by atoms with Gasteiger partial charge in [0.1, 0.15) is 11.9 Å². The van der Waals surface area contributed by atoms with Gasteiger partial charge in [-0.15, -0.1) is 0 Å². The fourth-order valence-corrected chi connectivity index (χ4v) is 2.01. The number of ether oxygens (including phenoxy) is 2. The lowest BCUT2D eigenvalue weighted by molar-refractivity contribution is -0.131. The summed E-state index contributed by atoms with van der Waals surface area (Å²) in [5.74, 6) is 0.171. The van der Waals surface area contributed by atoms with Gasteiger partial charge in [0.05, 0.1) is 0 Å². The van der Waals surface area contributed by atoms with Gasteiger partial charge in [0.25, 0.3) is 0 Å². The van der Waals surface area contributed by atoms with Crippen LogP contribution in [0.2, 0.25) is 0 Å². The Hall–Kier alpha value is -1.73. The zero-order valence-corrected chi connectivity index (χ0v) is 13.2. The van der Waals surface area contributed by atoms with Gasteiger partial charge in [0.2, 0.25) is 0 Å². The first-order chi connectivity index (χ1) is 10.0. The lowest BCUT2D eigenvalue weighted by Gasteiger charge is -2.18. The summed E-state index contributed by atoms with van der Waals surface area (Å²) in [6, 6.07) is 5.39. The van der Waals surface area contributed by atoms with Crippen molar-refractivity contribution in [2.75, 3.05) is 0 Å². The summed E-state index contributed by atoms with van der Waals surface area (Å²) < 4.78 is 10.4. The maximum absolute atomic E-state index is 11.4. The highest BCUT2D eigenvalue weighted by Gasteiger charge is 2.16. The van der Waals surface area contributed by atoms with Crippen LogP contribution >= 0.6 is 12.8 Å². The predicted molar refractivity (Wildman–Crippen MR) is 81.9 cm³/mol. The predicted octanol–water partition coefficient (Wildman–Crippen LogP) is 2.70. The molecule has 0 bridgehead atoms. The minimum Gasteiger partial charge on any atom is -0.440 e. The van der Waals surface area contributed by atoms with Crippen LogP contribution in [0.1, 0.15) is 44.4 Å². The van der Waals surface area contributed by atoms with Gasteiger partial charge in [0, 0.05) is 6.92 Å². The molecule has 0 saturated carbocycles. The summed E-state index contributed by atoms with van der Waals surface area (Å²) in [6.45, 7) is 5.24. The fraction of sp³-hybridized carbons (Fsp3) is 0.429. The van der Waals surface area contributed by atoms with E-state index in [2.05, 4.69) is 23.1 Å². The molecule has 7 heteroatoms. The minimum absolute atomic E-state index is 0.361. The number of nitrogens with one attached hydrogen (secondary N) is 2. The number of carbonyl (C=O) groups is 2. The third kappa shape index (κ3) is 5.28. The zero-order chi connectivity index (χ0) is 15.8. The molecule has 0 radical (unpaired) electrons. The molecule has 1 atom stereocenters. The van der Waals surface area contributed by atoms with E-state index in [1.165, 1.54) is 6.92 Å². The Bertz CT molecular complexity index is 508. The van der Waals surface area contributed by atoms with Crippen LogP contribution in [-0.2, 0) is 16.0 Å². The van der Waals surface area contributed by atoms with Crippen molar-refractivity contribution in [3.8, 4) is 5.75 Å². The molecule has 1 aromatic rings. The molecule has 2 N–H and O–H groups in total. The second kappa shape index (κ2) is 8.53. The van der Waals surface area contributed by atoms with Crippen molar-refractivity contribution in [1.82, 2.24) is 10.3 Å². The summed E-state index contributed by atoms with van der Waals surface area (Å²) >= 11 is 3.67. The van der Waals surface area contributed by atoms with E-state index in [1.54, 1.807) is 12.1 Å². The molecular weight excluding hydrogens is 292 g/mol. The molecule has 6 nitrogen and oxygen atoms in total. The van der Waals surface area contributed by atoms with E-state index >= 15 is 0 Å². The first-order valence-electron chi connectivity index (χ1n) is 6.68. The van der Waals surface area contributed by atoms with Gasteiger partial charge in [-0.25, -0.2) is 10.2 Å². The molecule has 1 aromatic carbocycles. The number of esters is 1. The highest BCUT2D eigenvalue weighted by atomic mass is 32.1. The average molecular weight is 312 g/mol. The number of hydrogen-bond acceptors (Lipinski definition) is 6. The lowest BCUT2D eigenvalue weighted by Crippen LogP contribution is -2.32. The van der Waals surface area contributed by atoms with Crippen LogP contribution in [0.25, 0.3) is 0 Å². The van der Waals surface area contributed by atoms with E-state index in [0.717, 1.165) is 11.1 Å². The molecule has 116 valence electrons. The molecule has 0 heterocycles. The van der Waals surface area contributed by atoms with Gasteiger partial charge in [-0.3, -0.25) is 4.79 Å². The third-order valence-electron chi connectivity index (χ3n) is 2.87. The summed E-state index contributed by atoms with van der Waals surface area (Å²) in [6.07, 6.45) is 0.329. The Morgan fingerprint density at radius 2 is 2.05 bits per heavy atom. The Morgan fingerprint density at radius 1 is 1.33 bits per heavy atom. The molecule has 1 rings (SSSR count). The van der Waals surface area contributed by atoms with Gasteiger partial charge < -0.3 is 9.47 Å². The van der Waals surface area contributed by atoms with Crippen LogP contribution in [0.4, 0.5) is 4.79 Å². The van der Waals surface area contributed by atoms with Gasteiger partial charge in [-0.2, -0.15) is 4.83 Å². The number of amides is 1. The number of carbonyl (C=O) groups excluding carboxylic acids is 2. The average Bonchev–Trinajstić information content (AvgIpc) is 2.45. The van der Waals surface area contributed by atoms with Crippen molar-refractivity contribution in [2.45, 2.75) is 39.7 Å². The Labute approximate surface area is 129 Å². The molecule has 0 aromatic heterocycles. The van der Waals surface area contributed by atoms with E-state index in [4.69, 9.17) is 9.47 Å². The Balaban J connectivity index is 2.95. The summed E-state index contributed by atoms with van der Waals surface area (Å²) in [5.41, 5.74) is 3.96. The quantitative estimate of drug-likeness (QED) is 0.326. The van der Waals surface area contributed by atoms with Gasteiger partial charge in [-0.05, 0) is 36.1 Å². The number of hydrazine groups is 1. The first-order valence-corrected chi connectivity index (χ1v) is 7.13. The second-order valence-corrected chi connectivity index (χ2v) is 4.58. The molecular formula is C14H20N2O4S. The van der Waals surface area contributed by atoms with Crippen LogP contribution in [0.5, 0.6) is 5.75 Å². The summed E-state index contributed by atoms with van der Waals surface area (Å²) in [7, 11) is 0. The maximum Gasteiger partial charge on any atom is 0.422 e. The third-order valence-corrected chi connectivity index (χ3v) is 2.98. The monoisotopic (exact) mass is 312 g/mol. The molecule has 0 aliphatic heterocycles. The number of aryl methyl sites for hydroxylation is 1. The van der Waals surface area contributed by atoms with E-state index in [-0.39, 0.29) is 12.1 Å². The number of thiol groups is 1. The van der Waals surface area contributed by atoms with Crippen molar-refractivity contribution < 1.29 is 19.1 Å². The van der Waals surface area contributed by atoms with Crippen molar-refractivity contribution in [3.05, 3.63) is 29.3 Å². The second-order valence-electron chi connectivity index (χ2n) is 4.35. The van der Waals surface area contributed by atoms with Crippen molar-refractivity contribution in [1.29, 1.82) is 0 Å². The smallest absolute Gasteiger partial charge is 0.422 e. The maximum atomic E-state index is 11.4. The van der Waals surface area contributed by atoms with Gasteiger partial charge >= 0.3 is 12.1 Å². The fourth-order valence-electron chi connectivity index (χ4n) is 1.92. The number of hydrogen-bond donors (Lipinski definition) is 3. The van der Waals surface area contributed by atoms with Crippen molar-refractivity contribution >= 4 is 24.9 Å². The van der Waals surface area contributed by atoms with Crippen molar-refractivity contribution in [3.63, 3.8) is 0 Å². The molecule has 21 heavy (non-hydrogen) atoms. The van der Waals surface area contributed by atoms with Crippen LogP contribution < -0.4 is 15.0 Å². The minimum atomic E-state index is -0.612. The molecule has 0 aliphatic carbocycles. The highest BCUT2D eigenvalue weighted by molar-refractivity contribution is 7.78. The molecule has 1 unspecified atom stereocenters. The SMILES string of the molecule is CCc1cc(C(CC)OC(=O)NNS)ccc1OC(C)=O. The number of benzene rings is 1. The molecule has 0 aliphatic rings. The Morgan fingerprint density at radius 3 is 2.57 bits per heavy atom. The highest BCUT2D eigenvalue weighted by Crippen LogP contribution is 2.27. The van der Waals surface area contributed by atoms with Crippen LogP contribution in [-0.4, -0.2) is 12.1 Å². The lowest BCUT2D eigenvalue weighted by atomic mass is 10.0. The normalized spacial score (nSPS) is 11.6. The standard InChI is InChI=1S/C14H20N2O4S/c1-4-10-8-11(6-7-13(10)19-9(3)17)12(5-2)20-14(18)15-16-21/h6-8,12,16,21H,4-5H2,1-3H3,(H,15,18). The van der Waals surface area contributed by atoms with E-state index in [1.807, 2.05) is 19.9 Å². The van der Waals surface area contributed by atoms with Crippen LogP contribution in [0, 0.1) is 0 Å². The zero-order valence-electron chi connectivity index (χ0n) is 12.3. The number of rotatable bonds is 6. The van der Waals surface area contributed by atoms with Gasteiger partial charge in [0.15, 0.2) is 0 Å². The molecule has 0 fully saturated rings. The van der Waals surface area contributed by atoms with E-state index in [9.17, 15) is 9.59 Å². The van der Waals surface area contributed by atoms with Crippen molar-refractivity contribution in [2.24, 2.45) is 0 Å². The summed E-state index contributed by atoms with van der Waals surface area (Å²) in [5, 5.41) is 0. The van der Waals surface area contributed by atoms with Crippen LogP contribution in [0.15, 0.2) is 18.2 Å². The topological polar surface area (TPSA) is 76.7 Å². The van der Waals surface area contributed by atoms with Crippen LogP contribution in [0.3, 0.4) is 0 Å². The molecule has 0 saturated heterocycles. The molecule has 0 spiro atoms. The summed E-state index contributed by atoms with van der Waals surface area (Å²) in [4.78, 5) is 24.7. The molecule has 1 amide bonds. The van der Waals surface area contributed by atoms with E-state index in [0.29, 0.717) is 18.6 Å². The largest absolute Gasteiger partial charge is 0.440 e. The Kier molecular flexibility index (Phi) is 7.04. The van der Waals surface area contributed by atoms with E-state index < -0.39 is 6.09 Å². The first kappa shape index (κ1) is 17.3. The van der Waals surface area contributed by atoms with Gasteiger partial charge in [-0.1, -0.05) is 32.7 Å².